The Bertz CT molecular complexity index is 634. The van der Waals surface area contributed by atoms with E-state index in [0.29, 0.717) is 38.8 Å². The molecule has 8 heteroatoms. The van der Waals surface area contributed by atoms with Crippen LogP contribution in [-0.4, -0.2) is 20.7 Å². The van der Waals surface area contributed by atoms with E-state index in [1.807, 2.05) is 0 Å². The molecule has 2 aromatic rings. The fourth-order valence-corrected chi connectivity index (χ4v) is 2.71. The fourth-order valence-electron chi connectivity index (χ4n) is 1.55. The van der Waals surface area contributed by atoms with Crippen molar-refractivity contribution in [3.8, 4) is 0 Å². The van der Waals surface area contributed by atoms with Crippen LogP contribution in [0.25, 0.3) is 11.0 Å². The number of aromatic nitrogens is 2. The molecule has 94 valence electrons. The van der Waals surface area contributed by atoms with Crippen molar-refractivity contribution in [1.29, 1.82) is 0 Å². The van der Waals surface area contributed by atoms with Gasteiger partial charge in [0.05, 0.1) is 33.5 Å². The van der Waals surface area contributed by atoms with Crippen molar-refractivity contribution in [2.24, 2.45) is 10.7 Å². The summed E-state index contributed by atoms with van der Waals surface area (Å²) in [4.78, 5) is 4.29. The van der Waals surface area contributed by atoms with Gasteiger partial charge in [-0.25, -0.2) is 4.99 Å². The molecule has 5 nitrogen and oxygen atoms in total. The highest BCUT2D eigenvalue weighted by atomic mass is 35.5. The predicted molar refractivity (Wildman–Crippen MR) is 75.7 cm³/mol. The molecule has 0 unspecified atom stereocenters. The number of nitrogens with one attached hydrogen (secondary N) is 1. The van der Waals surface area contributed by atoms with E-state index in [-0.39, 0.29) is 0 Å². The van der Waals surface area contributed by atoms with E-state index in [1.54, 1.807) is 6.07 Å². The first-order valence-electron chi connectivity index (χ1n) is 5.35. The van der Waals surface area contributed by atoms with Crippen molar-refractivity contribution < 1.29 is 0 Å². The summed E-state index contributed by atoms with van der Waals surface area (Å²) >= 11 is 13.3. The van der Waals surface area contributed by atoms with E-state index in [2.05, 4.69) is 19.1 Å². The first kappa shape index (κ1) is 12.0. The first-order chi connectivity index (χ1) is 8.65. The molecule has 18 heavy (non-hydrogen) atoms. The molecule has 0 atom stereocenters. The van der Waals surface area contributed by atoms with E-state index in [0.717, 1.165) is 24.6 Å². The third-order valence-corrected chi connectivity index (χ3v) is 3.68. The Hall–Kier alpha value is -1.11. The van der Waals surface area contributed by atoms with Gasteiger partial charge in [0.15, 0.2) is 5.96 Å². The Labute approximate surface area is 117 Å². The summed E-state index contributed by atoms with van der Waals surface area (Å²) in [6.07, 6.45) is 2.18. The van der Waals surface area contributed by atoms with Crippen LogP contribution in [0.1, 0.15) is 12.8 Å². The number of hydrogen-bond donors (Lipinski definition) is 2. The standard InChI is InChI=1S/C10H9Cl2N5S/c11-5-3-6(12)8-9(17-18-16-8)7(5)15-10(13)14-4-1-2-4/h3-4H,1-2H2,(H3,13,14,15). The van der Waals surface area contributed by atoms with Crippen LogP contribution in [0.2, 0.25) is 10.0 Å². The number of aliphatic imine (C=N–C) groups is 1. The Morgan fingerprint density at radius 2 is 2.06 bits per heavy atom. The molecule has 0 spiro atoms. The van der Waals surface area contributed by atoms with E-state index in [9.17, 15) is 0 Å². The molecule has 1 aliphatic carbocycles. The number of hydrogen-bond acceptors (Lipinski definition) is 4. The number of benzene rings is 1. The molecule has 3 rings (SSSR count). The maximum atomic E-state index is 6.14. The van der Waals surface area contributed by atoms with Gasteiger partial charge in [-0.15, -0.1) is 0 Å². The molecule has 1 heterocycles. The minimum atomic E-state index is 0.340. The Kier molecular flexibility index (Phi) is 3.01. The molecule has 0 aliphatic heterocycles. The summed E-state index contributed by atoms with van der Waals surface area (Å²) in [5, 5.41) is 3.91. The number of halogens is 2. The highest BCUT2D eigenvalue weighted by Crippen LogP contribution is 2.35. The zero-order valence-electron chi connectivity index (χ0n) is 9.15. The lowest BCUT2D eigenvalue weighted by molar-refractivity contribution is 1.06. The summed E-state index contributed by atoms with van der Waals surface area (Å²) in [5.74, 6) is 0.344. The number of nitrogens with zero attached hydrogens (tertiary/aromatic N) is 3. The second-order valence-electron chi connectivity index (χ2n) is 4.05. The first-order valence-corrected chi connectivity index (χ1v) is 6.84. The molecule has 1 saturated carbocycles. The van der Waals surface area contributed by atoms with Crippen molar-refractivity contribution >= 4 is 57.6 Å². The highest BCUT2D eigenvalue weighted by Gasteiger charge is 2.21. The van der Waals surface area contributed by atoms with Gasteiger partial charge in [0.2, 0.25) is 0 Å². The van der Waals surface area contributed by atoms with Crippen LogP contribution in [0.3, 0.4) is 0 Å². The summed E-state index contributed by atoms with van der Waals surface area (Å²) in [6.45, 7) is 0. The van der Waals surface area contributed by atoms with Crippen LogP contribution >= 0.6 is 34.9 Å². The average Bonchev–Trinajstić information content (AvgIpc) is 2.97. The van der Waals surface area contributed by atoms with Crippen LogP contribution < -0.4 is 11.1 Å². The molecule has 0 amide bonds. The van der Waals surface area contributed by atoms with Gasteiger partial charge in [0.25, 0.3) is 0 Å². The number of anilines is 1. The SMILES string of the molecule is NC(=NC1CC1)Nc1c(Cl)cc(Cl)c2nsnc12. The molecule has 0 radical (unpaired) electrons. The van der Waals surface area contributed by atoms with Gasteiger partial charge in [-0.05, 0) is 18.9 Å². The molecule has 3 N–H and O–H groups in total. The van der Waals surface area contributed by atoms with Crippen molar-refractivity contribution in [2.45, 2.75) is 18.9 Å². The van der Waals surface area contributed by atoms with Crippen molar-refractivity contribution in [3.05, 3.63) is 16.1 Å². The number of guanidine groups is 1. The number of fused-ring (bicyclic) bond motifs is 1. The van der Waals surface area contributed by atoms with Crippen molar-refractivity contribution in [2.75, 3.05) is 5.32 Å². The summed E-state index contributed by atoms with van der Waals surface area (Å²) in [6, 6.07) is 1.96. The van der Waals surface area contributed by atoms with Crippen LogP contribution in [0.4, 0.5) is 5.69 Å². The number of nitrogens with two attached hydrogens (primary N) is 1. The maximum absolute atomic E-state index is 6.14. The van der Waals surface area contributed by atoms with E-state index in [1.165, 1.54) is 0 Å². The maximum Gasteiger partial charge on any atom is 0.193 e. The monoisotopic (exact) mass is 301 g/mol. The van der Waals surface area contributed by atoms with Gasteiger partial charge >= 0.3 is 0 Å². The second-order valence-corrected chi connectivity index (χ2v) is 5.39. The molecule has 1 fully saturated rings. The van der Waals surface area contributed by atoms with Gasteiger partial charge in [-0.1, -0.05) is 23.2 Å². The lowest BCUT2D eigenvalue weighted by atomic mass is 10.2. The lowest BCUT2D eigenvalue weighted by Gasteiger charge is -2.08. The molecular weight excluding hydrogens is 293 g/mol. The molecule has 1 aliphatic rings. The summed E-state index contributed by atoms with van der Waals surface area (Å²) < 4.78 is 8.30. The summed E-state index contributed by atoms with van der Waals surface area (Å²) in [5.41, 5.74) is 7.65. The second kappa shape index (κ2) is 4.53. The highest BCUT2D eigenvalue weighted by molar-refractivity contribution is 7.00. The Morgan fingerprint density at radius 1 is 1.33 bits per heavy atom. The third-order valence-electron chi connectivity index (χ3n) is 2.57. The third kappa shape index (κ3) is 2.23. The molecule has 1 aromatic carbocycles. The fraction of sp³-hybridized carbons (Fsp3) is 0.300. The molecular formula is C10H9Cl2N5S. The smallest absolute Gasteiger partial charge is 0.193 e. The van der Waals surface area contributed by atoms with Crippen LogP contribution in [0.5, 0.6) is 0 Å². The van der Waals surface area contributed by atoms with Gasteiger partial charge in [0, 0.05) is 0 Å². The average molecular weight is 302 g/mol. The van der Waals surface area contributed by atoms with Gasteiger partial charge < -0.3 is 11.1 Å². The zero-order valence-corrected chi connectivity index (χ0v) is 11.5. The largest absolute Gasteiger partial charge is 0.370 e. The topological polar surface area (TPSA) is 76.2 Å². The molecule has 0 bridgehead atoms. The van der Waals surface area contributed by atoms with E-state index < -0.39 is 0 Å². The normalized spacial score (nSPS) is 16.2. The molecule has 0 saturated heterocycles. The van der Waals surface area contributed by atoms with Crippen LogP contribution in [-0.2, 0) is 0 Å². The van der Waals surface area contributed by atoms with E-state index >= 15 is 0 Å². The van der Waals surface area contributed by atoms with Crippen molar-refractivity contribution in [3.63, 3.8) is 0 Å². The Balaban J connectivity index is 2.02. The molecule has 1 aromatic heterocycles. The Morgan fingerprint density at radius 3 is 2.78 bits per heavy atom. The van der Waals surface area contributed by atoms with Crippen molar-refractivity contribution in [1.82, 2.24) is 8.75 Å². The quantitative estimate of drug-likeness (QED) is 0.660. The van der Waals surface area contributed by atoms with Gasteiger partial charge in [-0.3, -0.25) is 0 Å². The summed E-state index contributed by atoms with van der Waals surface area (Å²) in [7, 11) is 0. The van der Waals surface area contributed by atoms with Crippen LogP contribution in [0, 0.1) is 0 Å². The minimum absolute atomic E-state index is 0.340. The van der Waals surface area contributed by atoms with Gasteiger partial charge in [-0.2, -0.15) is 8.75 Å². The minimum Gasteiger partial charge on any atom is -0.370 e. The zero-order chi connectivity index (χ0) is 12.7. The van der Waals surface area contributed by atoms with Crippen LogP contribution in [0.15, 0.2) is 11.1 Å². The predicted octanol–water partition coefficient (Wildman–Crippen LogP) is 2.89. The lowest BCUT2D eigenvalue weighted by Crippen LogP contribution is -2.23. The number of rotatable bonds is 2. The van der Waals surface area contributed by atoms with Gasteiger partial charge in [0.1, 0.15) is 11.0 Å². The van der Waals surface area contributed by atoms with E-state index in [4.69, 9.17) is 28.9 Å².